The summed E-state index contributed by atoms with van der Waals surface area (Å²) in [5, 5.41) is 0. The zero-order valence-electron chi connectivity index (χ0n) is 13.2. The molecule has 8 nitrogen and oxygen atoms in total. The van der Waals surface area contributed by atoms with E-state index in [9.17, 15) is 22.8 Å². The zero-order chi connectivity index (χ0) is 17.6. The highest BCUT2D eigenvalue weighted by Crippen LogP contribution is 2.12. The number of H-pyrrole nitrogens is 1. The van der Waals surface area contributed by atoms with Gasteiger partial charge in [0, 0.05) is 5.54 Å². The van der Waals surface area contributed by atoms with Crippen molar-refractivity contribution < 1.29 is 8.42 Å². The minimum absolute atomic E-state index is 0.0737. The fraction of sp³-hybridized carbons (Fsp3) is 0.357. The Labute approximate surface area is 132 Å². The van der Waals surface area contributed by atoms with Crippen LogP contribution in [-0.2, 0) is 15.6 Å². The molecule has 0 bridgehead atoms. The average molecular weight is 339 g/mol. The van der Waals surface area contributed by atoms with Crippen LogP contribution in [0.4, 0.5) is 0 Å². The first kappa shape index (κ1) is 16.9. The quantitative estimate of drug-likeness (QED) is 0.828. The van der Waals surface area contributed by atoms with Crippen LogP contribution in [0.2, 0.25) is 0 Å². The molecule has 2 aromatic rings. The number of aromatic nitrogens is 3. The summed E-state index contributed by atoms with van der Waals surface area (Å²) in [6, 6.07) is 5.68. The van der Waals surface area contributed by atoms with Crippen LogP contribution in [0.1, 0.15) is 26.3 Å². The van der Waals surface area contributed by atoms with Gasteiger partial charge < -0.3 is 0 Å². The lowest BCUT2D eigenvalue weighted by atomic mass is 10.1. The van der Waals surface area contributed by atoms with E-state index < -0.39 is 32.6 Å². The third-order valence-corrected chi connectivity index (χ3v) is 4.87. The molecule has 0 saturated heterocycles. The van der Waals surface area contributed by atoms with Gasteiger partial charge in [-0.15, -0.1) is 3.97 Å². The fourth-order valence-corrected chi connectivity index (χ4v) is 3.32. The second-order valence-electron chi connectivity index (χ2n) is 6.11. The van der Waals surface area contributed by atoms with E-state index in [4.69, 9.17) is 0 Å². The molecule has 0 saturated carbocycles. The lowest BCUT2D eigenvalue weighted by molar-refractivity contribution is 0.352. The van der Waals surface area contributed by atoms with Gasteiger partial charge in [-0.25, -0.2) is 27.4 Å². The Morgan fingerprint density at radius 3 is 1.96 bits per heavy atom. The molecule has 124 valence electrons. The maximum atomic E-state index is 12.6. The molecule has 0 aliphatic carbocycles. The highest BCUT2D eigenvalue weighted by molar-refractivity contribution is 7.89. The van der Waals surface area contributed by atoms with Crippen LogP contribution >= 0.6 is 0 Å². The normalized spacial score (nSPS) is 12.3. The van der Waals surface area contributed by atoms with E-state index in [1.54, 1.807) is 39.8 Å². The Balaban J connectivity index is 2.89. The summed E-state index contributed by atoms with van der Waals surface area (Å²) in [4.78, 5) is 37.9. The molecule has 0 aliphatic heterocycles. The van der Waals surface area contributed by atoms with Gasteiger partial charge in [-0.2, -0.15) is 0 Å². The average Bonchev–Trinajstić information content (AvgIpc) is 2.35. The van der Waals surface area contributed by atoms with E-state index in [0.717, 1.165) is 5.56 Å². The van der Waals surface area contributed by atoms with Crippen molar-refractivity contribution in [2.24, 2.45) is 0 Å². The molecule has 0 radical (unpaired) electrons. The van der Waals surface area contributed by atoms with Crippen molar-refractivity contribution in [3.63, 3.8) is 0 Å². The molecule has 0 spiro atoms. The van der Waals surface area contributed by atoms with Gasteiger partial charge in [0.05, 0.1) is 4.90 Å². The van der Waals surface area contributed by atoms with Crippen molar-refractivity contribution >= 4 is 10.0 Å². The number of rotatable bonds is 2. The van der Waals surface area contributed by atoms with Crippen molar-refractivity contribution in [1.82, 2.24) is 13.5 Å². The molecular formula is C14H17N3O5S. The van der Waals surface area contributed by atoms with E-state index in [0.29, 0.717) is 4.57 Å². The maximum Gasteiger partial charge on any atom is 0.351 e. The molecule has 0 unspecified atom stereocenters. The van der Waals surface area contributed by atoms with E-state index in [-0.39, 0.29) is 8.87 Å². The van der Waals surface area contributed by atoms with Crippen molar-refractivity contribution in [1.29, 1.82) is 0 Å². The Bertz CT molecular complexity index is 1020. The first-order chi connectivity index (χ1) is 10.5. The number of nitrogens with zero attached hydrogens (tertiary/aromatic N) is 2. The Morgan fingerprint density at radius 2 is 1.48 bits per heavy atom. The van der Waals surface area contributed by atoms with Gasteiger partial charge in [-0.1, -0.05) is 17.7 Å². The van der Waals surface area contributed by atoms with Crippen molar-refractivity contribution in [3.05, 3.63) is 61.3 Å². The molecule has 2 rings (SSSR count). The molecule has 0 fully saturated rings. The fourth-order valence-electron chi connectivity index (χ4n) is 2.08. The molecule has 23 heavy (non-hydrogen) atoms. The van der Waals surface area contributed by atoms with Gasteiger partial charge in [0.2, 0.25) is 0 Å². The van der Waals surface area contributed by atoms with Gasteiger partial charge >= 0.3 is 17.1 Å². The van der Waals surface area contributed by atoms with Gasteiger partial charge in [0.15, 0.2) is 0 Å². The van der Waals surface area contributed by atoms with Crippen LogP contribution in [0, 0.1) is 6.92 Å². The summed E-state index contributed by atoms with van der Waals surface area (Å²) < 4.78 is 26.0. The first-order valence-electron chi connectivity index (χ1n) is 6.77. The summed E-state index contributed by atoms with van der Waals surface area (Å²) in [7, 11) is -4.42. The van der Waals surface area contributed by atoms with Crippen molar-refractivity contribution in [2.45, 2.75) is 38.1 Å². The smallest absolute Gasteiger partial charge is 0.258 e. The number of hydrogen-bond donors (Lipinski definition) is 1. The zero-order valence-corrected chi connectivity index (χ0v) is 14.0. The number of aryl methyl sites for hydroxylation is 1. The molecular weight excluding hydrogens is 322 g/mol. The lowest BCUT2D eigenvalue weighted by Gasteiger charge is -2.21. The van der Waals surface area contributed by atoms with E-state index in [2.05, 4.69) is 0 Å². The molecule has 9 heteroatoms. The first-order valence-corrected chi connectivity index (χ1v) is 8.21. The largest absolute Gasteiger partial charge is 0.351 e. The van der Waals surface area contributed by atoms with Gasteiger partial charge in [-0.3, -0.25) is 4.98 Å². The highest BCUT2D eigenvalue weighted by atomic mass is 32.2. The number of hydrogen-bond acceptors (Lipinski definition) is 5. The number of aromatic amines is 1. The summed E-state index contributed by atoms with van der Waals surface area (Å²) in [6.07, 6.45) is 0. The van der Waals surface area contributed by atoms with Crippen molar-refractivity contribution in [3.8, 4) is 0 Å². The molecule has 1 aromatic carbocycles. The predicted molar refractivity (Wildman–Crippen MR) is 84.3 cm³/mol. The van der Waals surface area contributed by atoms with E-state index in [1.807, 2.05) is 4.98 Å². The summed E-state index contributed by atoms with van der Waals surface area (Å²) in [5.41, 5.74) is -3.62. The SMILES string of the molecule is Cc1ccc(S(=O)(=O)n2c(=O)[nH]c(=O)n(C(C)(C)C)c2=O)cc1. The second kappa shape index (κ2) is 5.34. The minimum Gasteiger partial charge on any atom is -0.258 e. The topological polar surface area (TPSA) is 111 Å². The summed E-state index contributed by atoms with van der Waals surface area (Å²) in [5.74, 6) is 0. The molecule has 0 aliphatic rings. The number of nitrogens with one attached hydrogen (secondary N) is 1. The van der Waals surface area contributed by atoms with Crippen LogP contribution in [0.25, 0.3) is 0 Å². The summed E-state index contributed by atoms with van der Waals surface area (Å²) >= 11 is 0. The monoisotopic (exact) mass is 339 g/mol. The van der Waals surface area contributed by atoms with Crippen molar-refractivity contribution in [2.75, 3.05) is 0 Å². The van der Waals surface area contributed by atoms with Crippen LogP contribution in [0.15, 0.2) is 43.5 Å². The highest BCUT2D eigenvalue weighted by Gasteiger charge is 2.27. The molecule has 1 aromatic heterocycles. The van der Waals surface area contributed by atoms with Crippen LogP contribution < -0.4 is 17.1 Å². The van der Waals surface area contributed by atoms with Gasteiger partial charge in [0.1, 0.15) is 0 Å². The Kier molecular flexibility index (Phi) is 3.93. The second-order valence-corrected chi connectivity index (χ2v) is 7.89. The molecule has 0 atom stereocenters. The standard InChI is InChI=1S/C14H17N3O5S/c1-9-5-7-10(8-6-9)23(21,22)17-12(19)15-11(18)16(13(17)20)14(2,3)4/h5-8H,1-4H3,(H,15,18,19). The third kappa shape index (κ3) is 2.91. The Morgan fingerprint density at radius 1 is 0.957 bits per heavy atom. The summed E-state index contributed by atoms with van der Waals surface area (Å²) in [6.45, 7) is 6.43. The van der Waals surface area contributed by atoms with Crippen LogP contribution in [0.5, 0.6) is 0 Å². The minimum atomic E-state index is -4.42. The predicted octanol–water partition coefficient (Wildman–Crippen LogP) is -0.00128. The third-order valence-electron chi connectivity index (χ3n) is 3.20. The molecule has 1 N–H and O–H groups in total. The molecule has 1 heterocycles. The van der Waals surface area contributed by atoms with Gasteiger partial charge in [0.25, 0.3) is 10.0 Å². The van der Waals surface area contributed by atoms with E-state index >= 15 is 0 Å². The Hall–Kier alpha value is -2.42. The van der Waals surface area contributed by atoms with Gasteiger partial charge in [-0.05, 0) is 39.8 Å². The van der Waals surface area contributed by atoms with E-state index in [1.165, 1.54) is 12.1 Å². The van der Waals surface area contributed by atoms with Crippen LogP contribution in [0.3, 0.4) is 0 Å². The van der Waals surface area contributed by atoms with Crippen LogP contribution in [-0.4, -0.2) is 21.9 Å². The number of benzene rings is 1. The maximum absolute atomic E-state index is 12.6. The lowest BCUT2D eigenvalue weighted by Crippen LogP contribution is -2.55. The molecule has 0 amide bonds.